The summed E-state index contributed by atoms with van der Waals surface area (Å²) in [5, 5.41) is 11.9. The second kappa shape index (κ2) is 6.35. The summed E-state index contributed by atoms with van der Waals surface area (Å²) in [7, 11) is 0. The van der Waals surface area contributed by atoms with Crippen LogP contribution in [0.4, 0.5) is 4.39 Å². The first-order valence-corrected chi connectivity index (χ1v) is 7.27. The predicted octanol–water partition coefficient (Wildman–Crippen LogP) is 2.96. The van der Waals surface area contributed by atoms with E-state index in [-0.39, 0.29) is 11.9 Å². The van der Waals surface area contributed by atoms with E-state index >= 15 is 0 Å². The fourth-order valence-corrected chi connectivity index (χ4v) is 3.05. The van der Waals surface area contributed by atoms with Gasteiger partial charge in [0.1, 0.15) is 5.82 Å². The quantitative estimate of drug-likeness (QED) is 0.886. The van der Waals surface area contributed by atoms with Gasteiger partial charge in [-0.1, -0.05) is 12.8 Å². The summed E-state index contributed by atoms with van der Waals surface area (Å²) in [4.78, 5) is 23.3. The van der Waals surface area contributed by atoms with Crippen molar-refractivity contribution < 1.29 is 19.1 Å². The largest absolute Gasteiger partial charge is 0.481 e. The summed E-state index contributed by atoms with van der Waals surface area (Å²) >= 11 is 3.14. The molecule has 108 valence electrons. The first-order valence-electron chi connectivity index (χ1n) is 6.48. The third kappa shape index (κ3) is 3.36. The van der Waals surface area contributed by atoms with Crippen LogP contribution in [0, 0.1) is 11.7 Å². The Labute approximate surface area is 124 Å². The van der Waals surface area contributed by atoms with E-state index < -0.39 is 17.7 Å². The number of carboxylic acid groups (broad SMARTS) is 1. The van der Waals surface area contributed by atoms with Gasteiger partial charge in [-0.25, -0.2) is 4.39 Å². The maximum Gasteiger partial charge on any atom is 0.308 e. The highest BCUT2D eigenvalue weighted by Gasteiger charge is 2.32. The lowest BCUT2D eigenvalue weighted by Gasteiger charge is -2.29. The number of amides is 1. The van der Waals surface area contributed by atoms with Gasteiger partial charge in [-0.15, -0.1) is 0 Å². The zero-order valence-corrected chi connectivity index (χ0v) is 12.3. The van der Waals surface area contributed by atoms with Gasteiger partial charge in [-0.3, -0.25) is 9.59 Å². The summed E-state index contributed by atoms with van der Waals surface area (Å²) in [5.74, 6) is -2.25. The molecular formula is C14H15BrFNO3. The number of hydrogen-bond acceptors (Lipinski definition) is 2. The van der Waals surface area contributed by atoms with Crippen molar-refractivity contribution in [2.24, 2.45) is 5.92 Å². The average molecular weight is 344 g/mol. The summed E-state index contributed by atoms with van der Waals surface area (Å²) in [6.07, 6.45) is 3.00. The molecule has 1 aromatic carbocycles. The van der Waals surface area contributed by atoms with E-state index in [1.165, 1.54) is 18.2 Å². The van der Waals surface area contributed by atoms with E-state index in [9.17, 15) is 19.1 Å². The van der Waals surface area contributed by atoms with Gasteiger partial charge < -0.3 is 10.4 Å². The maximum absolute atomic E-state index is 13.0. The Kier molecular flexibility index (Phi) is 4.75. The van der Waals surface area contributed by atoms with Crippen molar-refractivity contribution in [3.63, 3.8) is 0 Å². The number of carbonyl (C=O) groups excluding carboxylic acids is 1. The van der Waals surface area contributed by atoms with Crippen molar-refractivity contribution in [1.29, 1.82) is 0 Å². The SMILES string of the molecule is O=C(NC1CCCCC1C(=O)O)c1ccc(F)cc1Br. The molecule has 1 amide bonds. The Hall–Kier alpha value is -1.43. The second-order valence-electron chi connectivity index (χ2n) is 4.93. The van der Waals surface area contributed by atoms with E-state index in [1.807, 2.05) is 0 Å². The highest BCUT2D eigenvalue weighted by molar-refractivity contribution is 9.10. The number of rotatable bonds is 3. The monoisotopic (exact) mass is 343 g/mol. The maximum atomic E-state index is 13.0. The number of hydrogen-bond donors (Lipinski definition) is 2. The molecule has 0 radical (unpaired) electrons. The summed E-state index contributed by atoms with van der Waals surface area (Å²) < 4.78 is 13.4. The number of carboxylic acids is 1. The first kappa shape index (κ1) is 15.0. The van der Waals surface area contributed by atoms with Crippen LogP contribution >= 0.6 is 15.9 Å². The molecule has 2 unspecified atom stereocenters. The van der Waals surface area contributed by atoms with Crippen LogP contribution in [0.15, 0.2) is 22.7 Å². The van der Waals surface area contributed by atoms with Crippen molar-refractivity contribution >= 4 is 27.8 Å². The molecule has 0 bridgehead atoms. The minimum atomic E-state index is -0.881. The Morgan fingerprint density at radius 1 is 1.30 bits per heavy atom. The molecule has 0 heterocycles. The van der Waals surface area contributed by atoms with Crippen LogP contribution in [0.25, 0.3) is 0 Å². The zero-order chi connectivity index (χ0) is 14.7. The second-order valence-corrected chi connectivity index (χ2v) is 5.79. The minimum Gasteiger partial charge on any atom is -0.481 e. The summed E-state index contributed by atoms with van der Waals surface area (Å²) in [5.41, 5.74) is 0.307. The molecule has 1 aliphatic carbocycles. The van der Waals surface area contributed by atoms with Crippen molar-refractivity contribution in [3.05, 3.63) is 34.1 Å². The van der Waals surface area contributed by atoms with Crippen LogP contribution in [0.1, 0.15) is 36.0 Å². The highest BCUT2D eigenvalue weighted by atomic mass is 79.9. The third-order valence-electron chi connectivity index (χ3n) is 3.58. The van der Waals surface area contributed by atoms with Gasteiger partial charge in [0.05, 0.1) is 11.5 Å². The van der Waals surface area contributed by atoms with Gasteiger partial charge in [-0.2, -0.15) is 0 Å². The van der Waals surface area contributed by atoms with E-state index in [0.717, 1.165) is 12.8 Å². The average Bonchev–Trinajstić information content (AvgIpc) is 2.38. The normalized spacial score (nSPS) is 22.3. The van der Waals surface area contributed by atoms with Crippen LogP contribution in [-0.2, 0) is 4.79 Å². The minimum absolute atomic E-state index is 0.307. The van der Waals surface area contributed by atoms with Gasteiger partial charge in [0, 0.05) is 10.5 Å². The van der Waals surface area contributed by atoms with Crippen LogP contribution in [0.3, 0.4) is 0 Å². The predicted molar refractivity (Wildman–Crippen MR) is 74.9 cm³/mol. The molecule has 6 heteroatoms. The lowest BCUT2D eigenvalue weighted by molar-refractivity contribution is -0.143. The molecule has 0 spiro atoms. The third-order valence-corrected chi connectivity index (χ3v) is 4.23. The highest BCUT2D eigenvalue weighted by Crippen LogP contribution is 2.26. The van der Waals surface area contributed by atoms with Crippen molar-refractivity contribution in [1.82, 2.24) is 5.32 Å². The van der Waals surface area contributed by atoms with E-state index in [1.54, 1.807) is 0 Å². The molecule has 4 nitrogen and oxygen atoms in total. The van der Waals surface area contributed by atoms with Crippen LogP contribution in [0.2, 0.25) is 0 Å². The molecule has 2 N–H and O–H groups in total. The Morgan fingerprint density at radius 2 is 2.00 bits per heavy atom. The van der Waals surface area contributed by atoms with E-state index in [2.05, 4.69) is 21.2 Å². The van der Waals surface area contributed by atoms with E-state index in [0.29, 0.717) is 22.9 Å². The number of nitrogens with one attached hydrogen (secondary N) is 1. The molecule has 1 aromatic rings. The summed E-state index contributed by atoms with van der Waals surface area (Å²) in [6, 6.07) is 3.43. The fourth-order valence-electron chi connectivity index (χ4n) is 2.52. The lowest BCUT2D eigenvalue weighted by Crippen LogP contribution is -2.45. The number of carbonyl (C=O) groups is 2. The smallest absolute Gasteiger partial charge is 0.308 e. The van der Waals surface area contributed by atoms with Crippen LogP contribution in [0.5, 0.6) is 0 Å². The molecular weight excluding hydrogens is 329 g/mol. The van der Waals surface area contributed by atoms with Gasteiger partial charge in [-0.05, 0) is 47.0 Å². The molecule has 1 aliphatic rings. The topological polar surface area (TPSA) is 66.4 Å². The molecule has 0 aliphatic heterocycles. The molecule has 2 atom stereocenters. The zero-order valence-electron chi connectivity index (χ0n) is 10.7. The molecule has 1 saturated carbocycles. The van der Waals surface area contributed by atoms with Gasteiger partial charge in [0.25, 0.3) is 5.91 Å². The number of halogens is 2. The number of benzene rings is 1. The molecule has 0 saturated heterocycles. The van der Waals surface area contributed by atoms with Gasteiger partial charge >= 0.3 is 5.97 Å². The van der Waals surface area contributed by atoms with Gasteiger partial charge in [0.15, 0.2) is 0 Å². The molecule has 2 rings (SSSR count). The Morgan fingerprint density at radius 3 is 2.65 bits per heavy atom. The van der Waals surface area contributed by atoms with E-state index in [4.69, 9.17) is 0 Å². The van der Waals surface area contributed by atoms with Crippen molar-refractivity contribution in [2.75, 3.05) is 0 Å². The fraction of sp³-hybridized carbons (Fsp3) is 0.429. The van der Waals surface area contributed by atoms with Crippen LogP contribution < -0.4 is 5.32 Å². The standard InChI is InChI=1S/C14H15BrFNO3/c15-11-7-8(16)5-6-9(11)13(18)17-12-4-2-1-3-10(12)14(19)20/h5-7,10,12H,1-4H2,(H,17,18)(H,19,20). The summed E-state index contributed by atoms with van der Waals surface area (Å²) in [6.45, 7) is 0. The lowest BCUT2D eigenvalue weighted by atomic mass is 9.84. The Bertz CT molecular complexity index is 535. The number of aliphatic carboxylic acids is 1. The molecule has 0 aromatic heterocycles. The first-order chi connectivity index (χ1) is 9.49. The van der Waals surface area contributed by atoms with Crippen molar-refractivity contribution in [2.45, 2.75) is 31.7 Å². The van der Waals surface area contributed by atoms with Crippen LogP contribution in [-0.4, -0.2) is 23.0 Å². The van der Waals surface area contributed by atoms with Crippen molar-refractivity contribution in [3.8, 4) is 0 Å². The molecule has 1 fully saturated rings. The molecule has 20 heavy (non-hydrogen) atoms. The van der Waals surface area contributed by atoms with Gasteiger partial charge in [0.2, 0.25) is 0 Å². The Balaban J connectivity index is 2.11.